The molecule has 0 N–H and O–H groups in total. The Morgan fingerprint density at radius 1 is 1.35 bits per heavy atom. The fourth-order valence-electron chi connectivity index (χ4n) is 1.92. The van der Waals surface area contributed by atoms with Crippen LogP contribution >= 0.6 is 15.9 Å². The van der Waals surface area contributed by atoms with Crippen LogP contribution in [-0.4, -0.2) is 13.1 Å². The number of hydrogen-bond donors (Lipinski definition) is 0. The Morgan fingerprint density at radius 3 is 2.41 bits per heavy atom. The van der Waals surface area contributed by atoms with Gasteiger partial charge in [-0.15, -0.1) is 0 Å². The third kappa shape index (κ3) is 3.65. The number of hydrogen-bond acceptors (Lipinski definition) is 1. The van der Waals surface area contributed by atoms with E-state index < -0.39 is 8.07 Å². The van der Waals surface area contributed by atoms with E-state index in [-0.39, 0.29) is 0 Å². The van der Waals surface area contributed by atoms with Crippen LogP contribution in [0.15, 0.2) is 22.9 Å². The molecule has 1 aromatic heterocycles. The molecule has 0 saturated heterocycles. The molecule has 0 fully saturated rings. The van der Waals surface area contributed by atoms with Gasteiger partial charge in [0.15, 0.2) is 0 Å². The largest absolute Gasteiger partial charge is 0.249 e. The number of nitrogens with zero attached hydrogens (tertiary/aromatic N) is 1. The second kappa shape index (κ2) is 5.23. The van der Waals surface area contributed by atoms with Gasteiger partial charge in [-0.2, -0.15) is 0 Å². The number of aromatic nitrogens is 1. The first kappa shape index (κ1) is 14.9. The zero-order valence-electron chi connectivity index (χ0n) is 11.8. The SMILES string of the molecule is CC(Cc1ccnc(Br)c1)[Si](C)(C)C(C)(C)C. The fourth-order valence-corrected chi connectivity index (χ4v) is 4.55. The van der Waals surface area contributed by atoms with Gasteiger partial charge in [-0.3, -0.25) is 0 Å². The van der Waals surface area contributed by atoms with Gasteiger partial charge < -0.3 is 0 Å². The summed E-state index contributed by atoms with van der Waals surface area (Å²) in [6.45, 7) is 14.6. The lowest BCUT2D eigenvalue weighted by Gasteiger charge is -2.42. The third-order valence-electron chi connectivity index (χ3n) is 4.50. The Kier molecular flexibility index (Phi) is 4.58. The lowest BCUT2D eigenvalue weighted by molar-refractivity contribution is 0.681. The molecule has 96 valence electrons. The zero-order valence-corrected chi connectivity index (χ0v) is 14.4. The predicted molar refractivity (Wildman–Crippen MR) is 82.3 cm³/mol. The molecule has 0 bridgehead atoms. The van der Waals surface area contributed by atoms with Gasteiger partial charge in [-0.05, 0) is 50.6 Å². The Morgan fingerprint density at radius 2 is 1.94 bits per heavy atom. The van der Waals surface area contributed by atoms with E-state index in [0.29, 0.717) is 5.04 Å². The molecule has 0 saturated carbocycles. The minimum absolute atomic E-state index is 0.455. The Labute approximate surface area is 115 Å². The summed E-state index contributed by atoms with van der Waals surface area (Å²) in [7, 11) is -1.24. The van der Waals surface area contributed by atoms with E-state index in [2.05, 4.69) is 73.8 Å². The van der Waals surface area contributed by atoms with Crippen LogP contribution < -0.4 is 0 Å². The molecule has 3 heteroatoms. The van der Waals surface area contributed by atoms with Crippen molar-refractivity contribution in [2.24, 2.45) is 0 Å². The molecule has 1 heterocycles. The maximum atomic E-state index is 4.19. The van der Waals surface area contributed by atoms with Crippen molar-refractivity contribution in [3.63, 3.8) is 0 Å². The van der Waals surface area contributed by atoms with Crippen molar-refractivity contribution < 1.29 is 0 Å². The lowest BCUT2D eigenvalue weighted by atomic mass is 10.1. The van der Waals surface area contributed by atoms with Gasteiger partial charge in [0.25, 0.3) is 0 Å². The highest BCUT2D eigenvalue weighted by Crippen LogP contribution is 2.44. The van der Waals surface area contributed by atoms with Crippen LogP contribution in [0.5, 0.6) is 0 Å². The van der Waals surface area contributed by atoms with E-state index in [1.807, 2.05) is 6.20 Å². The maximum Gasteiger partial charge on any atom is 0.106 e. The maximum absolute atomic E-state index is 4.19. The number of rotatable bonds is 3. The lowest BCUT2D eigenvalue weighted by Crippen LogP contribution is -2.41. The summed E-state index contributed by atoms with van der Waals surface area (Å²) in [6.07, 6.45) is 3.05. The summed E-state index contributed by atoms with van der Waals surface area (Å²) in [6, 6.07) is 4.28. The molecule has 1 unspecified atom stereocenters. The molecular weight excluding hydrogens is 290 g/mol. The standard InChI is InChI=1S/C14H24BrNSi/c1-11(17(5,6)14(2,3)4)9-12-7-8-16-13(15)10-12/h7-8,10-11H,9H2,1-6H3. The summed E-state index contributed by atoms with van der Waals surface area (Å²) in [5.74, 6) is 0. The highest BCUT2D eigenvalue weighted by atomic mass is 79.9. The number of halogens is 1. The van der Waals surface area contributed by atoms with Crippen LogP contribution in [0.3, 0.4) is 0 Å². The average molecular weight is 314 g/mol. The van der Waals surface area contributed by atoms with Crippen molar-refractivity contribution in [3.05, 3.63) is 28.5 Å². The Balaban J connectivity index is 2.83. The van der Waals surface area contributed by atoms with Crippen LogP contribution in [0.1, 0.15) is 33.3 Å². The molecule has 1 rings (SSSR count). The van der Waals surface area contributed by atoms with Gasteiger partial charge in [0.1, 0.15) is 4.60 Å². The summed E-state index contributed by atoms with van der Waals surface area (Å²) in [4.78, 5) is 4.19. The van der Waals surface area contributed by atoms with Crippen LogP contribution in [0.4, 0.5) is 0 Å². The smallest absolute Gasteiger partial charge is 0.106 e. The van der Waals surface area contributed by atoms with Gasteiger partial charge >= 0.3 is 0 Å². The fraction of sp³-hybridized carbons (Fsp3) is 0.643. The summed E-state index contributed by atoms with van der Waals surface area (Å²) >= 11 is 3.44. The van der Waals surface area contributed by atoms with E-state index >= 15 is 0 Å². The Bertz CT molecular complexity index is 382. The van der Waals surface area contributed by atoms with Crippen molar-refractivity contribution in [1.82, 2.24) is 4.98 Å². The van der Waals surface area contributed by atoms with Gasteiger partial charge in [-0.1, -0.05) is 40.8 Å². The molecule has 17 heavy (non-hydrogen) atoms. The highest BCUT2D eigenvalue weighted by molar-refractivity contribution is 9.10. The molecule has 0 spiro atoms. The summed E-state index contributed by atoms with van der Waals surface area (Å²) in [5.41, 5.74) is 2.17. The molecule has 0 aromatic carbocycles. The van der Waals surface area contributed by atoms with Crippen molar-refractivity contribution in [1.29, 1.82) is 0 Å². The van der Waals surface area contributed by atoms with Crippen molar-refractivity contribution >= 4 is 24.0 Å². The van der Waals surface area contributed by atoms with Gasteiger partial charge in [0.05, 0.1) is 8.07 Å². The van der Waals surface area contributed by atoms with Crippen LogP contribution in [0, 0.1) is 0 Å². The quantitative estimate of drug-likeness (QED) is 0.546. The van der Waals surface area contributed by atoms with Gasteiger partial charge in [0.2, 0.25) is 0 Å². The van der Waals surface area contributed by atoms with Crippen molar-refractivity contribution in [3.8, 4) is 0 Å². The van der Waals surface area contributed by atoms with Gasteiger partial charge in [-0.25, -0.2) is 4.98 Å². The number of pyridine rings is 1. The molecule has 1 atom stereocenters. The Hall–Kier alpha value is -0.153. The van der Waals surface area contributed by atoms with E-state index in [1.54, 1.807) is 0 Å². The third-order valence-corrected chi connectivity index (χ3v) is 11.5. The molecule has 1 nitrogen and oxygen atoms in total. The van der Waals surface area contributed by atoms with E-state index in [0.717, 1.165) is 16.6 Å². The molecule has 0 aliphatic rings. The second-order valence-corrected chi connectivity index (χ2v) is 13.3. The monoisotopic (exact) mass is 313 g/mol. The van der Waals surface area contributed by atoms with Crippen LogP contribution in [-0.2, 0) is 6.42 Å². The van der Waals surface area contributed by atoms with Gasteiger partial charge in [0, 0.05) is 6.20 Å². The molecule has 0 radical (unpaired) electrons. The zero-order chi connectivity index (χ0) is 13.3. The highest BCUT2D eigenvalue weighted by Gasteiger charge is 2.39. The molecule has 0 amide bonds. The first-order chi connectivity index (χ1) is 7.64. The molecular formula is C14H24BrNSi. The minimum atomic E-state index is -1.24. The topological polar surface area (TPSA) is 12.9 Å². The molecule has 1 aromatic rings. The first-order valence-electron chi connectivity index (χ1n) is 6.25. The summed E-state index contributed by atoms with van der Waals surface area (Å²) in [5, 5.41) is 0.455. The molecule has 0 aliphatic heterocycles. The first-order valence-corrected chi connectivity index (χ1v) is 10.1. The van der Waals surface area contributed by atoms with Crippen LogP contribution in [0.2, 0.25) is 23.7 Å². The van der Waals surface area contributed by atoms with Crippen LogP contribution in [0.25, 0.3) is 0 Å². The summed E-state index contributed by atoms with van der Waals surface area (Å²) < 4.78 is 0.942. The molecule has 0 aliphatic carbocycles. The van der Waals surface area contributed by atoms with E-state index in [1.165, 1.54) is 5.56 Å². The van der Waals surface area contributed by atoms with E-state index in [4.69, 9.17) is 0 Å². The van der Waals surface area contributed by atoms with E-state index in [9.17, 15) is 0 Å². The van der Waals surface area contributed by atoms with Crippen molar-refractivity contribution in [2.75, 3.05) is 0 Å². The average Bonchev–Trinajstić information content (AvgIpc) is 2.15. The normalized spacial score (nSPS) is 14.8. The minimum Gasteiger partial charge on any atom is -0.249 e. The van der Waals surface area contributed by atoms with Crippen molar-refractivity contribution in [2.45, 2.75) is 57.8 Å². The second-order valence-electron chi connectivity index (χ2n) is 6.56. The predicted octanol–water partition coefficient (Wildman–Crippen LogP) is 5.29.